The van der Waals surface area contributed by atoms with Gasteiger partial charge in [0, 0.05) is 12.6 Å². The molecule has 2 heterocycles. The minimum Gasteiger partial charge on any atom is -0.465 e. The Hall–Kier alpha value is -2.73. The smallest absolute Gasteiger partial charge is 0.244 e. The van der Waals surface area contributed by atoms with Crippen molar-refractivity contribution in [3.63, 3.8) is 0 Å². The highest BCUT2D eigenvalue weighted by atomic mass is 16.7. The van der Waals surface area contributed by atoms with Gasteiger partial charge in [0.25, 0.3) is 0 Å². The molecule has 1 aromatic carbocycles. The van der Waals surface area contributed by atoms with Crippen molar-refractivity contribution in [1.82, 2.24) is 5.32 Å². The van der Waals surface area contributed by atoms with Gasteiger partial charge in [-0.3, -0.25) is 4.79 Å². The zero-order valence-corrected chi connectivity index (χ0v) is 12.4. The Balaban J connectivity index is 1.45. The van der Waals surface area contributed by atoms with Crippen molar-refractivity contribution >= 4 is 12.0 Å². The van der Waals surface area contributed by atoms with Gasteiger partial charge in [0.1, 0.15) is 5.76 Å². The molecule has 0 saturated heterocycles. The predicted octanol–water partition coefficient (Wildman–Crippen LogP) is 2.26. The fourth-order valence-electron chi connectivity index (χ4n) is 2.22. The van der Waals surface area contributed by atoms with Crippen LogP contribution in [0.25, 0.3) is 6.08 Å². The predicted molar refractivity (Wildman–Crippen MR) is 82.9 cm³/mol. The number of rotatable bonds is 6. The van der Waals surface area contributed by atoms with Gasteiger partial charge in [0.2, 0.25) is 12.7 Å². The first-order chi connectivity index (χ1) is 11.2. The van der Waals surface area contributed by atoms with E-state index in [0.29, 0.717) is 30.2 Å². The van der Waals surface area contributed by atoms with E-state index in [1.54, 1.807) is 42.7 Å². The second kappa shape index (κ2) is 7.02. The monoisotopic (exact) mass is 315 g/mol. The van der Waals surface area contributed by atoms with Gasteiger partial charge in [-0.25, -0.2) is 0 Å². The molecule has 0 fully saturated rings. The summed E-state index contributed by atoms with van der Waals surface area (Å²) in [7, 11) is 0. The van der Waals surface area contributed by atoms with E-state index in [1.165, 1.54) is 6.08 Å². The molecule has 3 rings (SSSR count). The lowest BCUT2D eigenvalue weighted by Gasteiger charge is -2.11. The fourth-order valence-corrected chi connectivity index (χ4v) is 2.22. The standard InChI is InChI=1S/C17H17NO5/c19-14(12-3-5-15-16(10-12)23-11-22-15)7-8-18-17(20)6-4-13-2-1-9-21-13/h1-6,9-10,14,19H,7-8,11H2,(H,18,20)/b6-4+. The lowest BCUT2D eigenvalue weighted by Crippen LogP contribution is -2.23. The van der Waals surface area contributed by atoms with Crippen molar-refractivity contribution in [3.8, 4) is 11.5 Å². The van der Waals surface area contributed by atoms with Crippen LogP contribution in [0.1, 0.15) is 23.8 Å². The lowest BCUT2D eigenvalue weighted by atomic mass is 10.1. The minimum absolute atomic E-state index is 0.201. The van der Waals surface area contributed by atoms with Crippen LogP contribution in [-0.4, -0.2) is 24.4 Å². The average Bonchev–Trinajstić information content (AvgIpc) is 3.23. The topological polar surface area (TPSA) is 80.9 Å². The fraction of sp³-hybridized carbons (Fsp3) is 0.235. The normalized spacial score (nSPS) is 14.1. The van der Waals surface area contributed by atoms with E-state index in [1.807, 2.05) is 0 Å². The summed E-state index contributed by atoms with van der Waals surface area (Å²) in [6.07, 6.45) is 4.24. The molecule has 23 heavy (non-hydrogen) atoms. The summed E-state index contributed by atoms with van der Waals surface area (Å²) >= 11 is 0. The van der Waals surface area contributed by atoms with Gasteiger partial charge in [-0.15, -0.1) is 0 Å². The van der Waals surface area contributed by atoms with E-state index in [2.05, 4.69) is 5.32 Å². The molecule has 2 N–H and O–H groups in total. The van der Waals surface area contributed by atoms with Crippen LogP contribution in [0.4, 0.5) is 0 Å². The van der Waals surface area contributed by atoms with Crippen molar-refractivity contribution in [1.29, 1.82) is 0 Å². The number of benzene rings is 1. The van der Waals surface area contributed by atoms with Gasteiger partial charge in [0.15, 0.2) is 11.5 Å². The molecule has 6 nitrogen and oxygen atoms in total. The van der Waals surface area contributed by atoms with Crippen LogP contribution in [0.5, 0.6) is 11.5 Å². The number of amides is 1. The number of hydrogen-bond acceptors (Lipinski definition) is 5. The molecule has 0 saturated carbocycles. The van der Waals surface area contributed by atoms with Gasteiger partial charge < -0.3 is 24.3 Å². The van der Waals surface area contributed by atoms with Crippen LogP contribution in [-0.2, 0) is 4.79 Å². The second-order valence-corrected chi connectivity index (χ2v) is 5.06. The Bertz CT molecular complexity index is 693. The Morgan fingerprint density at radius 1 is 1.30 bits per heavy atom. The molecule has 1 aromatic heterocycles. The molecule has 6 heteroatoms. The summed E-state index contributed by atoms with van der Waals surface area (Å²) in [5.74, 6) is 1.68. The second-order valence-electron chi connectivity index (χ2n) is 5.06. The van der Waals surface area contributed by atoms with Crippen molar-refractivity contribution in [2.45, 2.75) is 12.5 Å². The van der Waals surface area contributed by atoms with Crippen molar-refractivity contribution in [2.75, 3.05) is 13.3 Å². The highest BCUT2D eigenvalue weighted by Crippen LogP contribution is 2.34. The lowest BCUT2D eigenvalue weighted by molar-refractivity contribution is -0.116. The van der Waals surface area contributed by atoms with Crippen molar-refractivity contribution in [2.24, 2.45) is 0 Å². The zero-order chi connectivity index (χ0) is 16.1. The van der Waals surface area contributed by atoms with Crippen molar-refractivity contribution < 1.29 is 23.8 Å². The molecular weight excluding hydrogens is 298 g/mol. The molecule has 1 unspecified atom stereocenters. The number of fused-ring (bicyclic) bond motifs is 1. The molecule has 2 aromatic rings. The van der Waals surface area contributed by atoms with Crippen LogP contribution >= 0.6 is 0 Å². The number of hydrogen-bond donors (Lipinski definition) is 2. The Morgan fingerprint density at radius 3 is 3.00 bits per heavy atom. The summed E-state index contributed by atoms with van der Waals surface area (Å²) in [5, 5.41) is 12.9. The molecule has 1 amide bonds. The summed E-state index contributed by atoms with van der Waals surface area (Å²) in [4.78, 5) is 11.7. The van der Waals surface area contributed by atoms with Gasteiger partial charge >= 0.3 is 0 Å². The van der Waals surface area contributed by atoms with Gasteiger partial charge in [-0.1, -0.05) is 6.07 Å². The number of furan rings is 1. The molecule has 1 atom stereocenters. The quantitative estimate of drug-likeness (QED) is 0.799. The van der Waals surface area contributed by atoms with E-state index >= 15 is 0 Å². The molecule has 120 valence electrons. The molecule has 1 aliphatic heterocycles. The third-order valence-electron chi connectivity index (χ3n) is 3.44. The summed E-state index contributed by atoms with van der Waals surface area (Å²) in [6.45, 7) is 0.559. The maximum absolute atomic E-state index is 11.7. The Kier molecular flexibility index (Phi) is 4.63. The van der Waals surface area contributed by atoms with E-state index in [-0.39, 0.29) is 12.7 Å². The third-order valence-corrected chi connectivity index (χ3v) is 3.44. The molecular formula is C17H17NO5. The molecule has 0 aliphatic carbocycles. The first-order valence-corrected chi connectivity index (χ1v) is 7.29. The average molecular weight is 315 g/mol. The molecule has 1 aliphatic rings. The van der Waals surface area contributed by atoms with Crippen LogP contribution in [0.3, 0.4) is 0 Å². The van der Waals surface area contributed by atoms with Crippen LogP contribution in [0.15, 0.2) is 47.1 Å². The van der Waals surface area contributed by atoms with E-state index in [4.69, 9.17) is 13.9 Å². The number of aliphatic hydroxyl groups is 1. The van der Waals surface area contributed by atoms with Crippen molar-refractivity contribution in [3.05, 3.63) is 54.0 Å². The molecule has 0 bridgehead atoms. The Morgan fingerprint density at radius 2 is 2.17 bits per heavy atom. The van der Waals surface area contributed by atoms with Crippen LogP contribution < -0.4 is 14.8 Å². The largest absolute Gasteiger partial charge is 0.465 e. The SMILES string of the molecule is O=C(/C=C/c1ccco1)NCCC(O)c1ccc2c(c1)OCO2. The van der Waals surface area contributed by atoms with Crippen LogP contribution in [0, 0.1) is 0 Å². The first kappa shape index (κ1) is 15.2. The number of nitrogens with one attached hydrogen (secondary N) is 1. The van der Waals surface area contributed by atoms with Gasteiger partial charge in [-0.2, -0.15) is 0 Å². The maximum Gasteiger partial charge on any atom is 0.244 e. The van der Waals surface area contributed by atoms with E-state index < -0.39 is 6.10 Å². The maximum atomic E-state index is 11.7. The zero-order valence-electron chi connectivity index (χ0n) is 12.4. The third kappa shape index (κ3) is 3.92. The van der Waals surface area contributed by atoms with Gasteiger partial charge in [0.05, 0.1) is 12.4 Å². The van der Waals surface area contributed by atoms with E-state index in [0.717, 1.165) is 5.56 Å². The number of carbonyl (C=O) groups excluding carboxylic acids is 1. The molecule has 0 radical (unpaired) electrons. The summed E-state index contributed by atoms with van der Waals surface area (Å²) < 4.78 is 15.6. The molecule has 0 spiro atoms. The number of ether oxygens (including phenoxy) is 2. The van der Waals surface area contributed by atoms with Crippen LogP contribution in [0.2, 0.25) is 0 Å². The van der Waals surface area contributed by atoms with E-state index in [9.17, 15) is 9.90 Å². The minimum atomic E-state index is -0.682. The summed E-state index contributed by atoms with van der Waals surface area (Å²) in [5.41, 5.74) is 0.731. The number of carbonyl (C=O) groups is 1. The first-order valence-electron chi connectivity index (χ1n) is 7.29. The summed E-state index contributed by atoms with van der Waals surface area (Å²) in [6, 6.07) is 8.82. The Labute approximate surface area is 133 Å². The van der Waals surface area contributed by atoms with Gasteiger partial charge in [-0.05, 0) is 42.3 Å². The highest BCUT2D eigenvalue weighted by Gasteiger charge is 2.16. The number of aliphatic hydroxyl groups excluding tert-OH is 1. The highest BCUT2D eigenvalue weighted by molar-refractivity contribution is 5.91.